The van der Waals surface area contributed by atoms with Crippen molar-refractivity contribution >= 4 is 17.6 Å². The van der Waals surface area contributed by atoms with E-state index in [1.165, 1.54) is 16.2 Å². The molecule has 1 aromatic heterocycles. The fraction of sp³-hybridized carbons (Fsp3) is 0.429. The van der Waals surface area contributed by atoms with E-state index in [1.54, 1.807) is 6.20 Å². The minimum atomic E-state index is 0.478. The normalized spacial score (nSPS) is 10.3. The fourth-order valence-electron chi connectivity index (χ4n) is 0.622. The van der Waals surface area contributed by atoms with Gasteiger partial charge in [-0.3, -0.25) is 4.79 Å². The van der Waals surface area contributed by atoms with E-state index in [4.69, 9.17) is 0 Å². The van der Waals surface area contributed by atoms with Gasteiger partial charge >= 0.3 is 0 Å². The number of carbonyl (C=O) groups is 1. The van der Waals surface area contributed by atoms with Crippen LogP contribution < -0.4 is 0 Å². The lowest BCUT2D eigenvalue weighted by atomic mass is 10.2. The Bertz CT molecular complexity index is 229. The van der Waals surface area contributed by atoms with Crippen LogP contribution in [0.25, 0.3) is 0 Å². The van der Waals surface area contributed by atoms with Gasteiger partial charge in [-0.2, -0.15) is 0 Å². The molecule has 1 heterocycles. The maximum Gasteiger partial charge on any atom is 0.178 e. The van der Waals surface area contributed by atoms with Gasteiger partial charge in [0.15, 0.2) is 11.3 Å². The maximum absolute atomic E-state index is 10.2. The summed E-state index contributed by atoms with van der Waals surface area (Å²) in [6, 6.07) is 0. The van der Waals surface area contributed by atoms with Gasteiger partial charge < -0.3 is 0 Å². The van der Waals surface area contributed by atoms with Crippen molar-refractivity contribution in [2.24, 2.45) is 0 Å². The number of aldehydes is 1. The number of carbonyl (C=O) groups excluding carboxylic acids is 1. The van der Waals surface area contributed by atoms with Crippen molar-refractivity contribution in [2.45, 2.75) is 19.8 Å². The van der Waals surface area contributed by atoms with Crippen LogP contribution in [0.1, 0.15) is 34.4 Å². The van der Waals surface area contributed by atoms with Crippen molar-refractivity contribution in [3.63, 3.8) is 0 Å². The number of aromatic nitrogens is 1. The van der Waals surface area contributed by atoms with Crippen LogP contribution in [0.15, 0.2) is 6.20 Å². The molecule has 3 heteroatoms. The number of hydrogen-bond acceptors (Lipinski definition) is 3. The van der Waals surface area contributed by atoms with Crippen molar-refractivity contribution in [3.8, 4) is 0 Å². The lowest BCUT2D eigenvalue weighted by Crippen LogP contribution is -1.77. The van der Waals surface area contributed by atoms with Gasteiger partial charge in [0.1, 0.15) is 0 Å². The third-order valence-electron chi connectivity index (χ3n) is 1.21. The largest absolute Gasteiger partial charge is 0.295 e. The monoisotopic (exact) mass is 155 g/mol. The molecule has 0 saturated heterocycles. The van der Waals surface area contributed by atoms with Crippen LogP contribution in [0.2, 0.25) is 0 Å². The Hall–Kier alpha value is -0.700. The average molecular weight is 155 g/mol. The van der Waals surface area contributed by atoms with E-state index in [0.717, 1.165) is 6.29 Å². The van der Waals surface area contributed by atoms with Crippen LogP contribution in [-0.4, -0.2) is 11.3 Å². The van der Waals surface area contributed by atoms with Crippen LogP contribution >= 0.6 is 11.3 Å². The zero-order valence-electron chi connectivity index (χ0n) is 6.00. The molecule has 2 nitrogen and oxygen atoms in total. The highest BCUT2D eigenvalue weighted by molar-refractivity contribution is 7.13. The van der Waals surface area contributed by atoms with Gasteiger partial charge in [0, 0.05) is 11.1 Å². The van der Waals surface area contributed by atoms with Gasteiger partial charge in [-0.05, 0) is 5.92 Å². The zero-order valence-corrected chi connectivity index (χ0v) is 6.81. The average Bonchev–Trinajstić information content (AvgIpc) is 2.34. The van der Waals surface area contributed by atoms with E-state index in [1.807, 2.05) is 0 Å². The van der Waals surface area contributed by atoms with Gasteiger partial charge in [-0.15, -0.1) is 11.3 Å². The molecule has 10 heavy (non-hydrogen) atoms. The Balaban J connectivity index is 2.88. The first-order valence-corrected chi connectivity index (χ1v) is 3.96. The smallest absolute Gasteiger partial charge is 0.178 e. The molecular formula is C7H9NOS. The third-order valence-corrected chi connectivity index (χ3v) is 2.43. The molecule has 1 rings (SSSR count). The zero-order chi connectivity index (χ0) is 7.56. The van der Waals surface area contributed by atoms with Crippen LogP contribution in [-0.2, 0) is 0 Å². The Morgan fingerprint density at radius 2 is 2.40 bits per heavy atom. The molecule has 0 saturated carbocycles. The quantitative estimate of drug-likeness (QED) is 0.612. The fourth-order valence-corrected chi connectivity index (χ4v) is 1.36. The predicted octanol–water partition coefficient (Wildman–Crippen LogP) is 2.08. The second kappa shape index (κ2) is 2.92. The SMILES string of the molecule is CC(C)c1cnc(C=O)s1. The van der Waals surface area contributed by atoms with E-state index in [9.17, 15) is 4.79 Å². The first kappa shape index (κ1) is 7.41. The summed E-state index contributed by atoms with van der Waals surface area (Å²) in [6.45, 7) is 4.17. The second-order valence-electron chi connectivity index (χ2n) is 2.37. The summed E-state index contributed by atoms with van der Waals surface area (Å²) in [5, 5.41) is 0.573. The highest BCUT2D eigenvalue weighted by Crippen LogP contribution is 2.20. The summed E-state index contributed by atoms with van der Waals surface area (Å²) in [5.41, 5.74) is 0. The number of rotatable bonds is 2. The molecule has 0 spiro atoms. The van der Waals surface area contributed by atoms with Gasteiger partial charge in [0.05, 0.1) is 0 Å². The van der Waals surface area contributed by atoms with Crippen LogP contribution in [0.4, 0.5) is 0 Å². The van der Waals surface area contributed by atoms with E-state index >= 15 is 0 Å². The summed E-state index contributed by atoms with van der Waals surface area (Å²) < 4.78 is 0. The summed E-state index contributed by atoms with van der Waals surface area (Å²) in [5.74, 6) is 0.478. The molecule has 0 aliphatic heterocycles. The summed E-state index contributed by atoms with van der Waals surface area (Å²) in [4.78, 5) is 15.3. The molecule has 0 bridgehead atoms. The van der Waals surface area contributed by atoms with Crippen molar-refractivity contribution in [1.29, 1.82) is 0 Å². The molecule has 0 radical (unpaired) electrons. The first-order chi connectivity index (χ1) is 4.74. The molecule has 0 fully saturated rings. The molecule has 0 unspecified atom stereocenters. The Labute approximate surface area is 63.9 Å². The van der Waals surface area contributed by atoms with E-state index in [0.29, 0.717) is 10.9 Å². The summed E-state index contributed by atoms with van der Waals surface area (Å²) >= 11 is 1.46. The summed E-state index contributed by atoms with van der Waals surface area (Å²) in [7, 11) is 0. The molecule has 0 aromatic carbocycles. The predicted molar refractivity (Wildman–Crippen MR) is 41.6 cm³/mol. The van der Waals surface area contributed by atoms with Crippen molar-refractivity contribution in [2.75, 3.05) is 0 Å². The molecular weight excluding hydrogens is 146 g/mol. The minimum absolute atomic E-state index is 0.478. The Kier molecular flexibility index (Phi) is 2.17. The highest BCUT2D eigenvalue weighted by Gasteiger charge is 2.03. The summed E-state index contributed by atoms with van der Waals surface area (Å²) in [6.07, 6.45) is 2.55. The van der Waals surface area contributed by atoms with Gasteiger partial charge in [-0.1, -0.05) is 13.8 Å². The molecule has 0 atom stereocenters. The van der Waals surface area contributed by atoms with E-state index < -0.39 is 0 Å². The lowest BCUT2D eigenvalue weighted by molar-refractivity contribution is 0.112. The van der Waals surface area contributed by atoms with Gasteiger partial charge in [-0.25, -0.2) is 4.98 Å². The maximum atomic E-state index is 10.2. The van der Waals surface area contributed by atoms with Gasteiger partial charge in [0.25, 0.3) is 0 Å². The molecule has 1 aromatic rings. The third kappa shape index (κ3) is 1.42. The highest BCUT2D eigenvalue weighted by atomic mass is 32.1. The standard InChI is InChI=1S/C7H9NOS/c1-5(2)6-3-8-7(4-9)10-6/h3-5H,1-2H3. The second-order valence-corrected chi connectivity index (χ2v) is 3.47. The number of hydrogen-bond donors (Lipinski definition) is 0. The molecule has 0 N–H and O–H groups in total. The topological polar surface area (TPSA) is 30.0 Å². The Morgan fingerprint density at radius 1 is 1.70 bits per heavy atom. The van der Waals surface area contributed by atoms with Crippen molar-refractivity contribution < 1.29 is 4.79 Å². The molecule has 54 valence electrons. The van der Waals surface area contributed by atoms with Crippen molar-refractivity contribution in [1.82, 2.24) is 4.98 Å². The molecule has 0 aliphatic carbocycles. The molecule has 0 amide bonds. The van der Waals surface area contributed by atoms with Crippen LogP contribution in [0.3, 0.4) is 0 Å². The first-order valence-electron chi connectivity index (χ1n) is 3.15. The number of thiazole rings is 1. The minimum Gasteiger partial charge on any atom is -0.295 e. The van der Waals surface area contributed by atoms with Crippen LogP contribution in [0.5, 0.6) is 0 Å². The van der Waals surface area contributed by atoms with E-state index in [2.05, 4.69) is 18.8 Å². The lowest BCUT2D eigenvalue weighted by Gasteiger charge is -1.94. The van der Waals surface area contributed by atoms with Crippen molar-refractivity contribution in [3.05, 3.63) is 16.1 Å². The van der Waals surface area contributed by atoms with E-state index in [-0.39, 0.29) is 0 Å². The molecule has 0 aliphatic rings. The van der Waals surface area contributed by atoms with Gasteiger partial charge in [0.2, 0.25) is 0 Å². The number of nitrogens with zero attached hydrogens (tertiary/aromatic N) is 1. The Morgan fingerprint density at radius 3 is 2.70 bits per heavy atom. The van der Waals surface area contributed by atoms with Crippen LogP contribution in [0, 0.1) is 0 Å².